The topological polar surface area (TPSA) is 81.5 Å². The SMILES string of the molecule is COCOc1cc(C)c(Cl)c(-c2c(N3CCN(C4COC4)CC34CCC4)nn(C3CC4(C3)CN(C(=O)OC(C)(C)C)C4)c2C)c1C. The van der Waals surface area contributed by atoms with Crippen LogP contribution in [0.2, 0.25) is 5.02 Å². The van der Waals surface area contributed by atoms with Gasteiger partial charge in [0, 0.05) is 67.6 Å². The summed E-state index contributed by atoms with van der Waals surface area (Å²) in [6.45, 7) is 18.4. The number of likely N-dealkylation sites (tertiary alicyclic amines) is 1. The lowest BCUT2D eigenvalue weighted by Gasteiger charge is -2.59. The number of aryl methyl sites for hydroxylation is 1. The van der Waals surface area contributed by atoms with Crippen LogP contribution in [0.1, 0.15) is 75.7 Å². The van der Waals surface area contributed by atoms with Crippen molar-refractivity contribution in [3.63, 3.8) is 0 Å². The van der Waals surface area contributed by atoms with Crippen LogP contribution in [0, 0.1) is 26.2 Å². The zero-order valence-electron chi connectivity index (χ0n) is 28.6. The minimum absolute atomic E-state index is 0.0660. The van der Waals surface area contributed by atoms with E-state index in [1.807, 2.05) is 38.7 Å². The monoisotopic (exact) mass is 655 g/mol. The number of amides is 1. The van der Waals surface area contributed by atoms with Crippen LogP contribution in [-0.4, -0.2) is 103 Å². The van der Waals surface area contributed by atoms with E-state index >= 15 is 0 Å². The molecule has 5 fully saturated rings. The molecule has 2 saturated carbocycles. The Bertz CT molecular complexity index is 1500. The maximum atomic E-state index is 12.7. The first-order valence-corrected chi connectivity index (χ1v) is 17.3. The van der Waals surface area contributed by atoms with Gasteiger partial charge in [0.15, 0.2) is 12.6 Å². The molecule has 0 unspecified atom stereocenters. The molecule has 0 atom stereocenters. The summed E-state index contributed by atoms with van der Waals surface area (Å²) in [5.41, 5.74) is 4.95. The highest BCUT2D eigenvalue weighted by molar-refractivity contribution is 6.34. The van der Waals surface area contributed by atoms with E-state index in [1.165, 1.54) is 6.42 Å². The third-order valence-electron chi connectivity index (χ3n) is 11.1. The molecule has 2 aromatic rings. The molecule has 1 aromatic carbocycles. The van der Waals surface area contributed by atoms with Crippen LogP contribution in [0.5, 0.6) is 5.75 Å². The van der Waals surface area contributed by atoms with Gasteiger partial charge in [0.1, 0.15) is 11.4 Å². The molecule has 1 amide bonds. The van der Waals surface area contributed by atoms with Gasteiger partial charge in [0.2, 0.25) is 0 Å². The second-order valence-corrected chi connectivity index (χ2v) is 16.0. The van der Waals surface area contributed by atoms with Gasteiger partial charge in [-0.3, -0.25) is 9.58 Å². The van der Waals surface area contributed by atoms with E-state index in [2.05, 4.69) is 28.3 Å². The molecule has 10 nitrogen and oxygen atoms in total. The van der Waals surface area contributed by atoms with Crippen LogP contribution in [0.4, 0.5) is 10.6 Å². The Balaban J connectivity index is 1.23. The van der Waals surface area contributed by atoms with Crippen molar-refractivity contribution < 1.29 is 23.7 Å². The number of hydrogen-bond acceptors (Lipinski definition) is 8. The largest absolute Gasteiger partial charge is 0.467 e. The van der Waals surface area contributed by atoms with Crippen molar-refractivity contribution in [3.8, 4) is 16.9 Å². The number of halogens is 1. The fourth-order valence-corrected chi connectivity index (χ4v) is 8.74. The number of ether oxygens (including phenoxy) is 4. The first-order chi connectivity index (χ1) is 21.8. The molecule has 46 heavy (non-hydrogen) atoms. The molecule has 3 saturated heterocycles. The quantitative estimate of drug-likeness (QED) is 0.330. The highest BCUT2D eigenvalue weighted by Gasteiger charge is 2.56. The minimum atomic E-state index is -0.487. The van der Waals surface area contributed by atoms with Crippen LogP contribution in [-0.2, 0) is 14.2 Å². The number of anilines is 1. The summed E-state index contributed by atoms with van der Waals surface area (Å²) in [6, 6.07) is 2.81. The summed E-state index contributed by atoms with van der Waals surface area (Å²) in [6.07, 6.45) is 5.35. The summed E-state index contributed by atoms with van der Waals surface area (Å²) >= 11 is 7.22. The molecule has 0 bridgehead atoms. The number of benzene rings is 1. The van der Waals surface area contributed by atoms with Crippen molar-refractivity contribution in [1.82, 2.24) is 19.6 Å². The zero-order chi connectivity index (χ0) is 32.6. The van der Waals surface area contributed by atoms with E-state index in [9.17, 15) is 4.79 Å². The Morgan fingerprint density at radius 3 is 2.37 bits per heavy atom. The molecule has 252 valence electrons. The number of carbonyl (C=O) groups excluding carboxylic acids is 1. The minimum Gasteiger partial charge on any atom is -0.467 e. The third-order valence-corrected chi connectivity index (χ3v) is 11.6. The lowest BCUT2D eigenvalue weighted by molar-refractivity contribution is -0.0931. The second kappa shape index (κ2) is 11.6. The van der Waals surface area contributed by atoms with Crippen LogP contribution in [0.15, 0.2) is 6.07 Å². The van der Waals surface area contributed by atoms with Crippen molar-refractivity contribution in [3.05, 3.63) is 27.9 Å². The number of methoxy groups -OCH3 is 1. The lowest BCUT2D eigenvalue weighted by Crippen LogP contribution is -2.69. The van der Waals surface area contributed by atoms with Crippen molar-refractivity contribution in [1.29, 1.82) is 0 Å². The van der Waals surface area contributed by atoms with E-state index in [0.717, 1.165) is 116 Å². The molecule has 2 aliphatic carbocycles. The number of rotatable bonds is 7. The van der Waals surface area contributed by atoms with Gasteiger partial charge in [-0.05, 0) is 85.3 Å². The number of carbonyl (C=O) groups is 1. The van der Waals surface area contributed by atoms with Crippen molar-refractivity contribution >= 4 is 23.5 Å². The van der Waals surface area contributed by atoms with Crippen molar-refractivity contribution in [2.45, 2.75) is 96.9 Å². The average molecular weight is 656 g/mol. The van der Waals surface area contributed by atoms with Crippen LogP contribution >= 0.6 is 11.6 Å². The normalized spacial score (nSPS) is 22.8. The van der Waals surface area contributed by atoms with E-state index in [0.29, 0.717) is 6.04 Å². The Morgan fingerprint density at radius 2 is 1.78 bits per heavy atom. The standard InChI is InChI=1S/C35H50ClN5O5/c1-22-13-27(45-21-43-7)23(2)28(30(22)36)29-24(3)41(25-14-34(15-25)18-39(19-34)32(42)46-33(4,5)6)37-31(29)40-12-11-38(26-16-44-17-26)20-35(40)9-8-10-35/h13,25-26H,8-12,14-21H2,1-7H3. The van der Waals surface area contributed by atoms with Gasteiger partial charge in [-0.1, -0.05) is 11.6 Å². The maximum Gasteiger partial charge on any atom is 0.410 e. The predicted octanol–water partition coefficient (Wildman–Crippen LogP) is 6.13. The number of hydrogen-bond donors (Lipinski definition) is 0. The van der Waals surface area contributed by atoms with Crippen molar-refractivity contribution in [2.24, 2.45) is 5.41 Å². The Morgan fingerprint density at radius 1 is 1.07 bits per heavy atom. The van der Waals surface area contributed by atoms with Gasteiger partial charge in [-0.2, -0.15) is 5.10 Å². The summed E-state index contributed by atoms with van der Waals surface area (Å²) in [5.74, 6) is 1.82. The summed E-state index contributed by atoms with van der Waals surface area (Å²) < 4.78 is 24.8. The van der Waals surface area contributed by atoms with Gasteiger partial charge in [0.25, 0.3) is 0 Å². The van der Waals surface area contributed by atoms with Crippen LogP contribution in [0.3, 0.4) is 0 Å². The lowest BCUT2D eigenvalue weighted by atomic mass is 9.61. The smallest absolute Gasteiger partial charge is 0.410 e. The molecule has 3 aliphatic heterocycles. The highest BCUT2D eigenvalue weighted by atomic mass is 35.5. The summed E-state index contributed by atoms with van der Waals surface area (Å²) in [7, 11) is 1.64. The third kappa shape index (κ3) is 5.37. The van der Waals surface area contributed by atoms with Gasteiger partial charge in [0.05, 0.1) is 35.9 Å². The van der Waals surface area contributed by atoms with Gasteiger partial charge in [-0.15, -0.1) is 0 Å². The molecule has 2 spiro atoms. The van der Waals surface area contributed by atoms with Gasteiger partial charge < -0.3 is 28.7 Å². The fraction of sp³-hybridized carbons (Fsp3) is 0.714. The van der Waals surface area contributed by atoms with Crippen LogP contribution < -0.4 is 9.64 Å². The molecular formula is C35H50ClN5O5. The molecule has 4 heterocycles. The van der Waals surface area contributed by atoms with E-state index < -0.39 is 5.60 Å². The molecule has 0 radical (unpaired) electrons. The molecule has 0 N–H and O–H groups in total. The molecule has 11 heteroatoms. The van der Waals surface area contributed by atoms with Gasteiger partial charge in [-0.25, -0.2) is 4.79 Å². The first-order valence-electron chi connectivity index (χ1n) is 16.9. The van der Waals surface area contributed by atoms with Gasteiger partial charge >= 0.3 is 6.09 Å². The molecule has 5 aliphatic rings. The fourth-order valence-electron chi connectivity index (χ4n) is 8.45. The molecule has 1 aromatic heterocycles. The Kier molecular flexibility index (Phi) is 8.05. The number of aromatic nitrogens is 2. The second-order valence-electron chi connectivity index (χ2n) is 15.6. The predicted molar refractivity (Wildman–Crippen MR) is 178 cm³/mol. The van der Waals surface area contributed by atoms with E-state index in [1.54, 1.807) is 7.11 Å². The van der Waals surface area contributed by atoms with E-state index in [-0.39, 0.29) is 29.9 Å². The van der Waals surface area contributed by atoms with E-state index in [4.69, 9.17) is 35.6 Å². The highest BCUT2D eigenvalue weighted by Crippen LogP contribution is 2.56. The van der Waals surface area contributed by atoms with Crippen LogP contribution in [0.25, 0.3) is 11.1 Å². The average Bonchev–Trinajstić information content (AvgIpc) is 3.21. The molecular weight excluding hydrogens is 606 g/mol. The Hall–Kier alpha value is -2.53. The number of piperazine rings is 1. The summed E-state index contributed by atoms with van der Waals surface area (Å²) in [5, 5.41) is 6.26. The Labute approximate surface area is 278 Å². The molecule has 7 rings (SSSR count). The van der Waals surface area contributed by atoms with Crippen molar-refractivity contribution in [2.75, 3.05) is 64.7 Å². The zero-order valence-corrected chi connectivity index (χ0v) is 29.3. The summed E-state index contributed by atoms with van der Waals surface area (Å²) in [4.78, 5) is 19.8. The maximum absolute atomic E-state index is 12.7. The number of nitrogens with zero attached hydrogens (tertiary/aromatic N) is 5. The first kappa shape index (κ1) is 32.0.